The Morgan fingerprint density at radius 1 is 0.857 bits per heavy atom. The zero-order chi connectivity index (χ0) is 20.0. The van der Waals surface area contributed by atoms with Gasteiger partial charge in [-0.15, -0.1) is 0 Å². The lowest BCUT2D eigenvalue weighted by Gasteiger charge is -2.08. The molecule has 0 aliphatic rings. The number of benzene rings is 2. The molecular formula is C25H34O3. The van der Waals surface area contributed by atoms with Crippen molar-refractivity contribution in [2.75, 3.05) is 6.61 Å². The van der Waals surface area contributed by atoms with Crippen molar-refractivity contribution in [1.82, 2.24) is 0 Å². The molecule has 0 fully saturated rings. The maximum atomic E-state index is 10.6. The van der Waals surface area contributed by atoms with Gasteiger partial charge in [0.05, 0.1) is 6.61 Å². The van der Waals surface area contributed by atoms with Crippen LogP contribution in [0.3, 0.4) is 0 Å². The van der Waals surface area contributed by atoms with Gasteiger partial charge in [0, 0.05) is 6.08 Å². The fourth-order valence-corrected chi connectivity index (χ4v) is 3.38. The standard InChI is InChI=1S/C25H34O3/c1-2-3-4-5-6-7-8-9-10-11-18-28-24-16-15-22-19-21(13-17-25(26)27)12-14-23(22)20-24/h12-17,19-20H,2-11,18H2,1H3,(H,26,27). The average Bonchev–Trinajstić information content (AvgIpc) is 2.70. The highest BCUT2D eigenvalue weighted by atomic mass is 16.5. The lowest BCUT2D eigenvalue weighted by Crippen LogP contribution is -1.97. The summed E-state index contributed by atoms with van der Waals surface area (Å²) >= 11 is 0. The topological polar surface area (TPSA) is 46.5 Å². The molecule has 0 amide bonds. The van der Waals surface area contributed by atoms with Crippen molar-refractivity contribution in [3.8, 4) is 5.75 Å². The van der Waals surface area contributed by atoms with Crippen molar-refractivity contribution in [2.45, 2.75) is 71.1 Å². The van der Waals surface area contributed by atoms with E-state index in [-0.39, 0.29) is 0 Å². The van der Waals surface area contributed by atoms with E-state index in [2.05, 4.69) is 13.0 Å². The first-order valence-electron chi connectivity index (χ1n) is 10.8. The molecule has 0 aromatic heterocycles. The van der Waals surface area contributed by atoms with Crippen molar-refractivity contribution in [2.24, 2.45) is 0 Å². The van der Waals surface area contributed by atoms with Crippen molar-refractivity contribution in [1.29, 1.82) is 0 Å². The molecule has 3 nitrogen and oxygen atoms in total. The van der Waals surface area contributed by atoms with Crippen LogP contribution in [0, 0.1) is 0 Å². The highest BCUT2D eigenvalue weighted by molar-refractivity contribution is 5.89. The summed E-state index contributed by atoms with van der Waals surface area (Å²) in [5.41, 5.74) is 0.883. The number of carboxylic acids is 1. The van der Waals surface area contributed by atoms with Gasteiger partial charge in [-0.3, -0.25) is 0 Å². The molecule has 3 heteroatoms. The van der Waals surface area contributed by atoms with E-state index in [1.165, 1.54) is 57.8 Å². The molecule has 2 rings (SSSR count). The third kappa shape index (κ3) is 8.60. The Kier molecular flexibility index (Phi) is 10.2. The van der Waals surface area contributed by atoms with Crippen molar-refractivity contribution in [3.63, 3.8) is 0 Å². The van der Waals surface area contributed by atoms with E-state index in [1.807, 2.05) is 30.3 Å². The lowest BCUT2D eigenvalue weighted by molar-refractivity contribution is -0.131. The van der Waals surface area contributed by atoms with Crippen LogP contribution in [-0.2, 0) is 4.79 Å². The Morgan fingerprint density at radius 3 is 2.14 bits per heavy atom. The average molecular weight is 383 g/mol. The molecule has 0 spiro atoms. The van der Waals surface area contributed by atoms with E-state index in [0.29, 0.717) is 0 Å². The molecule has 152 valence electrons. The van der Waals surface area contributed by atoms with Gasteiger partial charge in [-0.2, -0.15) is 0 Å². The van der Waals surface area contributed by atoms with Crippen LogP contribution in [0.4, 0.5) is 0 Å². The fraction of sp³-hybridized carbons (Fsp3) is 0.480. The number of ether oxygens (including phenoxy) is 1. The summed E-state index contributed by atoms with van der Waals surface area (Å²) < 4.78 is 5.90. The third-order valence-electron chi connectivity index (χ3n) is 5.02. The first kappa shape index (κ1) is 22.0. The van der Waals surface area contributed by atoms with Gasteiger partial charge in [0.25, 0.3) is 0 Å². The highest BCUT2D eigenvalue weighted by Crippen LogP contribution is 2.23. The Bertz CT molecular complexity index is 749. The molecule has 2 aromatic carbocycles. The van der Waals surface area contributed by atoms with Gasteiger partial charge in [0.2, 0.25) is 0 Å². The number of carboxylic acid groups (broad SMARTS) is 1. The van der Waals surface area contributed by atoms with Crippen LogP contribution in [0.15, 0.2) is 42.5 Å². The van der Waals surface area contributed by atoms with E-state index in [4.69, 9.17) is 9.84 Å². The number of aliphatic carboxylic acids is 1. The van der Waals surface area contributed by atoms with E-state index < -0.39 is 5.97 Å². The number of rotatable bonds is 14. The second-order valence-corrected chi connectivity index (χ2v) is 7.47. The lowest BCUT2D eigenvalue weighted by atomic mass is 10.1. The minimum atomic E-state index is -0.934. The minimum absolute atomic E-state index is 0.765. The second kappa shape index (κ2) is 13.0. The summed E-state index contributed by atoms with van der Waals surface area (Å²) in [4.78, 5) is 10.6. The van der Waals surface area contributed by atoms with Gasteiger partial charge in [0.1, 0.15) is 5.75 Å². The summed E-state index contributed by atoms with van der Waals surface area (Å²) in [5.74, 6) is -0.0342. The predicted molar refractivity (Wildman–Crippen MR) is 118 cm³/mol. The Labute approximate surface area is 169 Å². The zero-order valence-electron chi connectivity index (χ0n) is 17.2. The molecule has 0 saturated carbocycles. The van der Waals surface area contributed by atoms with Crippen molar-refractivity contribution >= 4 is 22.8 Å². The normalized spacial score (nSPS) is 11.3. The highest BCUT2D eigenvalue weighted by Gasteiger charge is 2.00. The van der Waals surface area contributed by atoms with Crippen LogP contribution in [0.25, 0.3) is 16.8 Å². The van der Waals surface area contributed by atoms with Crippen molar-refractivity contribution < 1.29 is 14.6 Å². The van der Waals surface area contributed by atoms with Gasteiger partial charge in [-0.25, -0.2) is 4.79 Å². The summed E-state index contributed by atoms with van der Waals surface area (Å²) in [6.07, 6.45) is 16.0. The maximum Gasteiger partial charge on any atom is 0.328 e. The number of unbranched alkanes of at least 4 members (excludes halogenated alkanes) is 9. The summed E-state index contributed by atoms with van der Waals surface area (Å²) in [6, 6.07) is 12.0. The first-order chi connectivity index (χ1) is 13.7. The largest absolute Gasteiger partial charge is 0.494 e. The molecule has 0 bridgehead atoms. The van der Waals surface area contributed by atoms with Gasteiger partial charge in [-0.05, 0) is 47.0 Å². The van der Waals surface area contributed by atoms with Crippen LogP contribution >= 0.6 is 0 Å². The van der Waals surface area contributed by atoms with Crippen LogP contribution in [0.1, 0.15) is 76.7 Å². The van der Waals surface area contributed by atoms with E-state index in [1.54, 1.807) is 6.08 Å². The number of fused-ring (bicyclic) bond motifs is 1. The molecule has 0 aliphatic carbocycles. The SMILES string of the molecule is CCCCCCCCCCCCOc1ccc2cc(C=CC(=O)O)ccc2c1. The molecule has 0 atom stereocenters. The smallest absolute Gasteiger partial charge is 0.328 e. The van der Waals surface area contributed by atoms with Crippen LogP contribution < -0.4 is 4.74 Å². The quantitative estimate of drug-likeness (QED) is 0.277. The molecule has 2 aromatic rings. The summed E-state index contributed by atoms with van der Waals surface area (Å²) in [5, 5.41) is 10.9. The van der Waals surface area contributed by atoms with Crippen LogP contribution in [-0.4, -0.2) is 17.7 Å². The first-order valence-corrected chi connectivity index (χ1v) is 10.8. The summed E-state index contributed by atoms with van der Waals surface area (Å²) in [6.45, 7) is 3.03. The second-order valence-electron chi connectivity index (χ2n) is 7.47. The fourth-order valence-electron chi connectivity index (χ4n) is 3.38. The molecule has 0 unspecified atom stereocenters. The molecule has 0 radical (unpaired) electrons. The predicted octanol–water partition coefficient (Wildman–Crippen LogP) is 7.24. The van der Waals surface area contributed by atoms with Gasteiger partial charge in [-0.1, -0.05) is 82.9 Å². The van der Waals surface area contributed by atoms with Gasteiger partial charge < -0.3 is 9.84 Å². The van der Waals surface area contributed by atoms with Gasteiger partial charge in [0.15, 0.2) is 0 Å². The van der Waals surface area contributed by atoms with E-state index in [0.717, 1.165) is 41.2 Å². The van der Waals surface area contributed by atoms with E-state index >= 15 is 0 Å². The molecule has 0 aliphatic heterocycles. The third-order valence-corrected chi connectivity index (χ3v) is 5.02. The molecule has 0 saturated heterocycles. The Hall–Kier alpha value is -2.29. The number of carbonyl (C=O) groups is 1. The minimum Gasteiger partial charge on any atom is -0.494 e. The van der Waals surface area contributed by atoms with Crippen LogP contribution in [0.5, 0.6) is 5.75 Å². The molecule has 1 N–H and O–H groups in total. The van der Waals surface area contributed by atoms with Crippen molar-refractivity contribution in [3.05, 3.63) is 48.0 Å². The molecule has 28 heavy (non-hydrogen) atoms. The monoisotopic (exact) mass is 382 g/mol. The van der Waals surface area contributed by atoms with Crippen LogP contribution in [0.2, 0.25) is 0 Å². The van der Waals surface area contributed by atoms with E-state index in [9.17, 15) is 4.79 Å². The number of hydrogen-bond acceptors (Lipinski definition) is 2. The molecule has 0 heterocycles. The zero-order valence-corrected chi connectivity index (χ0v) is 17.2. The number of hydrogen-bond donors (Lipinski definition) is 1. The Balaban J connectivity index is 1.65. The maximum absolute atomic E-state index is 10.6. The summed E-state index contributed by atoms with van der Waals surface area (Å²) in [7, 11) is 0. The van der Waals surface area contributed by atoms with Gasteiger partial charge >= 0.3 is 5.97 Å². The molecular weight excluding hydrogens is 348 g/mol. The Morgan fingerprint density at radius 2 is 1.46 bits per heavy atom.